The van der Waals surface area contributed by atoms with E-state index in [4.69, 9.17) is 52.0 Å². The maximum absolute atomic E-state index is 13.0. The molecule has 2 aromatic carbocycles. The molecule has 0 radical (unpaired) electrons. The average Bonchev–Trinajstić information content (AvgIpc) is 3.24. The van der Waals surface area contributed by atoms with Crippen molar-refractivity contribution in [2.75, 3.05) is 82.9 Å². The Morgan fingerprint density at radius 2 is 1.14 bits per heavy atom. The van der Waals surface area contributed by atoms with Gasteiger partial charge in [0, 0.05) is 92.8 Å². The Hall–Kier alpha value is -1.12. The minimum Gasteiger partial charge on any atom is -1.00 e. The minimum atomic E-state index is -2.60. The van der Waals surface area contributed by atoms with Gasteiger partial charge in [0.15, 0.2) is 0 Å². The molecule has 17 nitrogen and oxygen atoms in total. The predicted molar refractivity (Wildman–Crippen MR) is 259 cm³/mol. The van der Waals surface area contributed by atoms with Crippen LogP contribution in [0.3, 0.4) is 0 Å². The van der Waals surface area contributed by atoms with Crippen molar-refractivity contribution in [2.24, 2.45) is 0 Å². The Morgan fingerprint density at radius 3 is 1.52 bits per heavy atom. The van der Waals surface area contributed by atoms with E-state index in [9.17, 15) is 13.5 Å². The zero-order valence-corrected chi connectivity index (χ0v) is 50.4. The van der Waals surface area contributed by atoms with Crippen LogP contribution < -0.4 is 139 Å². The Morgan fingerprint density at radius 1 is 0.738 bits per heavy atom. The summed E-state index contributed by atoms with van der Waals surface area (Å²) in [7, 11) is 1.55. The number of hydrogen-bond acceptors (Lipinski definition) is 17. The van der Waals surface area contributed by atoms with Crippen molar-refractivity contribution in [3.05, 3.63) is 98.2 Å². The van der Waals surface area contributed by atoms with Crippen molar-refractivity contribution in [1.82, 2.24) is 39.9 Å². The second kappa shape index (κ2) is 31.2. The van der Waals surface area contributed by atoms with E-state index < -0.39 is 21.4 Å². The number of nitrogens with one attached hydrogen (secondary N) is 1. The minimum absolute atomic E-state index is 0. The normalized spacial score (nSPS) is 10.4. The number of anilines is 5. The van der Waals surface area contributed by atoms with Crippen LogP contribution in [0.2, 0.25) is 15.7 Å². The molecule has 340 valence electrons. The molecule has 0 spiro atoms. The topological polar surface area (TPSA) is 231 Å². The maximum Gasteiger partial charge on any atom is 1.00 e. The van der Waals surface area contributed by atoms with Gasteiger partial charge in [0.2, 0.25) is 22.5 Å². The first-order valence-electron chi connectivity index (χ1n) is 18.2. The molecule has 0 aliphatic rings. The number of carbonyl (C=O) groups is 1. The van der Waals surface area contributed by atoms with E-state index in [1.165, 1.54) is 6.20 Å². The predicted octanol–water partition coefficient (Wildman–Crippen LogP) is 2.13. The molecule has 0 aliphatic heterocycles. The molecule has 0 fully saturated rings. The molecule has 0 atom stereocenters. The third kappa shape index (κ3) is 21.6. The summed E-state index contributed by atoms with van der Waals surface area (Å²) >= 11 is 23.3. The summed E-state index contributed by atoms with van der Waals surface area (Å²) in [6.07, 6.45) is 10.1. The summed E-state index contributed by atoms with van der Waals surface area (Å²) in [6.45, 7) is 6.71. The molecular formula is C38H44Br2Cl3FK2N12O5P2. The van der Waals surface area contributed by atoms with Crippen LogP contribution in [0.15, 0.2) is 82.5 Å². The molecule has 4 heterocycles. The van der Waals surface area contributed by atoms with Gasteiger partial charge in [-0.2, -0.15) is 4.98 Å². The largest absolute Gasteiger partial charge is 1.00 e. The maximum atomic E-state index is 13.0. The summed E-state index contributed by atoms with van der Waals surface area (Å²) in [5, 5.41) is 13.6. The van der Waals surface area contributed by atoms with Crippen molar-refractivity contribution < 1.29 is 134 Å². The summed E-state index contributed by atoms with van der Waals surface area (Å²) in [5.74, 6) is 1.78. The van der Waals surface area contributed by atoms with Crippen molar-refractivity contribution in [1.29, 1.82) is 0 Å². The number of alkyl halides is 1. The number of hydrogen-bond donors (Lipinski definition) is 2. The molecule has 6 rings (SSSR count). The van der Waals surface area contributed by atoms with E-state index in [1.54, 1.807) is 63.7 Å². The zero-order valence-electron chi connectivity index (χ0n) is 39.0. The van der Waals surface area contributed by atoms with Gasteiger partial charge < -0.3 is 41.6 Å². The zero-order chi connectivity index (χ0) is 48.4. The fourth-order valence-electron chi connectivity index (χ4n) is 4.74. The van der Waals surface area contributed by atoms with Crippen LogP contribution in [0, 0.1) is 0 Å². The quantitative estimate of drug-likeness (QED) is 0.0309. The smallest absolute Gasteiger partial charge is 1.00 e. The SMILES string of the molecule is CN(C)c1ncc(-c2ccc(N)c(P(C)(C)=O)c2)cn1.CN(C)c1ncc(-c2ccc(Nc3nc(Cl)ncc3Br)c(P(C)(C)=O)c2)cn1.Clc1ncc(Br)c(Cl)n1.O=CO[O-].[2H]CF.[H-].[K+].[K+]. The number of nitrogens with two attached hydrogens (primary N) is 1. The molecule has 6 aromatic rings. The van der Waals surface area contributed by atoms with Crippen LogP contribution in [-0.4, -0.2) is 108 Å². The summed E-state index contributed by atoms with van der Waals surface area (Å²) in [5.41, 5.74) is 10.7. The molecule has 0 aliphatic carbocycles. The molecule has 0 saturated heterocycles. The van der Waals surface area contributed by atoms with Gasteiger partial charge in [-0.15, -0.1) is 0 Å². The summed E-state index contributed by atoms with van der Waals surface area (Å²) in [6, 6.07) is 11.2. The van der Waals surface area contributed by atoms with Crippen LogP contribution in [0.4, 0.5) is 33.5 Å². The number of carbonyl (C=O) groups excluding carboxylic acids is 1. The Bertz CT molecular complexity index is 2570. The van der Waals surface area contributed by atoms with Gasteiger partial charge in [-0.3, -0.25) is 9.18 Å². The number of benzene rings is 2. The van der Waals surface area contributed by atoms with Gasteiger partial charge in [0.05, 0.1) is 23.2 Å². The molecule has 65 heavy (non-hydrogen) atoms. The summed E-state index contributed by atoms with van der Waals surface area (Å²) in [4.78, 5) is 47.6. The number of nitrogen functional groups attached to an aromatic ring is 1. The van der Waals surface area contributed by atoms with E-state index in [-0.39, 0.29) is 121 Å². The van der Waals surface area contributed by atoms with E-state index in [0.717, 1.165) is 22.3 Å². The first-order valence-corrected chi connectivity index (χ1v) is 25.4. The average molecular weight is 1180 g/mol. The van der Waals surface area contributed by atoms with Crippen LogP contribution in [0.1, 0.15) is 2.80 Å². The monoisotopic (exact) mass is 1170 g/mol. The van der Waals surface area contributed by atoms with E-state index >= 15 is 0 Å². The molecule has 0 bridgehead atoms. The van der Waals surface area contributed by atoms with E-state index in [2.05, 4.69) is 81.9 Å². The fourth-order valence-corrected chi connectivity index (χ4v) is 7.97. The van der Waals surface area contributed by atoms with Crippen molar-refractivity contribution >= 4 is 127 Å². The van der Waals surface area contributed by atoms with Gasteiger partial charge in [0.25, 0.3) is 6.47 Å². The third-order valence-electron chi connectivity index (χ3n) is 7.61. The van der Waals surface area contributed by atoms with Crippen LogP contribution >= 0.6 is 80.9 Å². The van der Waals surface area contributed by atoms with Crippen molar-refractivity contribution in [3.8, 4) is 22.3 Å². The van der Waals surface area contributed by atoms with E-state index in [1.807, 2.05) is 68.3 Å². The second-order valence-electron chi connectivity index (χ2n) is 13.5. The van der Waals surface area contributed by atoms with Gasteiger partial charge in [-0.25, -0.2) is 34.9 Å². The fraction of sp³-hybridized carbons (Fsp3) is 0.237. The number of rotatable bonds is 9. The summed E-state index contributed by atoms with van der Waals surface area (Å²) < 4.78 is 42.0. The van der Waals surface area contributed by atoms with Crippen LogP contribution in [0.5, 0.6) is 0 Å². The molecular weight excluding hydrogens is 1130 g/mol. The van der Waals surface area contributed by atoms with Crippen LogP contribution in [0.25, 0.3) is 22.3 Å². The van der Waals surface area contributed by atoms with Gasteiger partial charge in [0.1, 0.15) is 25.3 Å². The molecule has 27 heteroatoms. The van der Waals surface area contributed by atoms with Gasteiger partial charge in [-0.05, 0) is 117 Å². The number of nitrogens with zero attached hydrogens (tertiary/aromatic N) is 10. The van der Waals surface area contributed by atoms with Gasteiger partial charge in [-0.1, -0.05) is 23.7 Å². The molecule has 0 unspecified atom stereocenters. The Labute approximate surface area is 497 Å². The molecule has 0 amide bonds. The number of aromatic nitrogens is 8. The third-order valence-corrected chi connectivity index (χ3v) is 12.7. The first kappa shape index (κ1) is 61.9. The second-order valence-corrected chi connectivity index (χ2v) is 22.6. The Kier molecular flexibility index (Phi) is 29.7. The van der Waals surface area contributed by atoms with E-state index in [0.29, 0.717) is 53.8 Å². The standard InChI is InChI=1S/C18H19BrClN6OP.C14H19N4OP.C4HBrCl2N2.CH3F.CH2O3.2K.H/c1-26(2)18-22-8-12(9-23-18)11-5-6-14(15(7-11)28(3,4)27)24-16-13(19)10-21-17(20)25-16;1-18(2)14-16-8-11(9-17-14)10-5-6-12(15)13(7-10)20(3,4)19;5-2-1-8-4(7)9-3(2)6;1-2;2-1-4-3;;;/h5-10H,1-4H3,(H,21,24,25);5-9H,15H2,1-4H3;1H;1H3;1,3H;;;/q;;;;;2*+1;-1/p-1/i;;;1D;;;;. The molecule has 3 N–H and O–H groups in total. The van der Waals surface area contributed by atoms with Crippen LogP contribution in [-0.2, 0) is 18.8 Å². The van der Waals surface area contributed by atoms with Crippen molar-refractivity contribution in [3.63, 3.8) is 0 Å². The number of halogens is 6. The van der Waals surface area contributed by atoms with Crippen molar-refractivity contribution in [2.45, 2.75) is 0 Å². The first-order chi connectivity index (χ1) is 30.0. The Balaban J connectivity index is 0. The molecule has 4 aromatic heterocycles. The molecule has 0 saturated carbocycles. The van der Waals surface area contributed by atoms with Gasteiger partial charge >= 0.3 is 103 Å².